The van der Waals surface area contributed by atoms with E-state index in [1.54, 1.807) is 11.7 Å². The second kappa shape index (κ2) is 6.01. The first-order valence-electron chi connectivity index (χ1n) is 8.38. The number of nitrogens with zero attached hydrogens (tertiary/aromatic N) is 6. The first-order chi connectivity index (χ1) is 11.6. The van der Waals surface area contributed by atoms with Gasteiger partial charge in [-0.1, -0.05) is 5.21 Å². The number of hydrogen-bond acceptors (Lipinski definition) is 5. The van der Waals surface area contributed by atoms with E-state index in [1.807, 2.05) is 28.8 Å². The Hall–Kier alpha value is -2.22. The fourth-order valence-electron chi connectivity index (χ4n) is 2.93. The number of carbonyl (C=O) groups is 1. The molecule has 2 aromatic rings. The number of ether oxygens (including phenoxy) is 1. The molecule has 1 amide bonds. The van der Waals surface area contributed by atoms with Crippen molar-refractivity contribution in [1.82, 2.24) is 29.7 Å². The van der Waals surface area contributed by atoms with Crippen molar-refractivity contribution in [3.05, 3.63) is 29.3 Å². The third-order valence-corrected chi connectivity index (χ3v) is 4.60. The molecule has 2 fully saturated rings. The van der Waals surface area contributed by atoms with E-state index in [-0.39, 0.29) is 11.9 Å². The lowest BCUT2D eigenvalue weighted by molar-refractivity contribution is 0.0487. The highest BCUT2D eigenvalue weighted by Crippen LogP contribution is 2.29. The van der Waals surface area contributed by atoms with Gasteiger partial charge in [-0.25, -0.2) is 4.68 Å². The highest BCUT2D eigenvalue weighted by molar-refractivity contribution is 5.93. The molecule has 3 heterocycles. The van der Waals surface area contributed by atoms with Crippen molar-refractivity contribution in [1.29, 1.82) is 0 Å². The summed E-state index contributed by atoms with van der Waals surface area (Å²) in [6.45, 7) is 4.52. The number of likely N-dealkylation sites (tertiary alicyclic amines) is 1. The minimum Gasteiger partial charge on any atom is -0.375 e. The van der Waals surface area contributed by atoms with Crippen LogP contribution in [-0.4, -0.2) is 55.3 Å². The fourth-order valence-corrected chi connectivity index (χ4v) is 2.93. The quantitative estimate of drug-likeness (QED) is 0.788. The first kappa shape index (κ1) is 15.3. The number of aromatic nitrogens is 5. The Kier molecular flexibility index (Phi) is 3.84. The van der Waals surface area contributed by atoms with Crippen LogP contribution in [0, 0.1) is 12.8 Å². The van der Waals surface area contributed by atoms with Gasteiger partial charge in [0, 0.05) is 26.7 Å². The molecule has 24 heavy (non-hydrogen) atoms. The topological polar surface area (TPSA) is 78.1 Å². The molecule has 0 atom stereocenters. The van der Waals surface area contributed by atoms with Crippen LogP contribution in [0.4, 0.5) is 0 Å². The Morgan fingerprint density at radius 2 is 2.17 bits per heavy atom. The van der Waals surface area contributed by atoms with Gasteiger partial charge in [-0.15, -0.1) is 5.10 Å². The standard InChI is InChI=1S/C16H22N6O2/c1-11-5-15(20(2)18-11)16(23)21-7-14(8-21)22-6-13(17-19-22)10-24-9-12-3-4-12/h5-6,12,14H,3-4,7-10H2,1-2H3. The molecule has 1 saturated heterocycles. The van der Waals surface area contributed by atoms with Crippen LogP contribution >= 0.6 is 0 Å². The first-order valence-corrected chi connectivity index (χ1v) is 8.38. The smallest absolute Gasteiger partial charge is 0.272 e. The van der Waals surface area contributed by atoms with Gasteiger partial charge in [0.15, 0.2) is 0 Å². The van der Waals surface area contributed by atoms with E-state index in [1.165, 1.54) is 12.8 Å². The third kappa shape index (κ3) is 3.06. The molecule has 0 N–H and O–H groups in total. The molecule has 4 rings (SSSR count). The molecule has 2 aliphatic rings. The van der Waals surface area contributed by atoms with E-state index in [9.17, 15) is 4.79 Å². The van der Waals surface area contributed by atoms with Crippen LogP contribution < -0.4 is 0 Å². The van der Waals surface area contributed by atoms with Gasteiger partial charge in [-0.3, -0.25) is 9.48 Å². The summed E-state index contributed by atoms with van der Waals surface area (Å²) in [5.74, 6) is 0.768. The molecule has 0 aromatic carbocycles. The van der Waals surface area contributed by atoms with Crippen LogP contribution in [0.5, 0.6) is 0 Å². The number of rotatable bonds is 6. The van der Waals surface area contributed by atoms with Gasteiger partial charge in [0.25, 0.3) is 5.91 Å². The van der Waals surface area contributed by atoms with Crippen molar-refractivity contribution in [2.24, 2.45) is 13.0 Å². The van der Waals surface area contributed by atoms with Gasteiger partial charge in [-0.2, -0.15) is 5.10 Å². The largest absolute Gasteiger partial charge is 0.375 e. The van der Waals surface area contributed by atoms with Crippen molar-refractivity contribution >= 4 is 5.91 Å². The van der Waals surface area contributed by atoms with Gasteiger partial charge in [-0.05, 0) is 31.7 Å². The van der Waals surface area contributed by atoms with Crippen molar-refractivity contribution in [3.8, 4) is 0 Å². The lowest BCUT2D eigenvalue weighted by Crippen LogP contribution is -2.51. The summed E-state index contributed by atoms with van der Waals surface area (Å²) in [6, 6.07) is 2.01. The van der Waals surface area contributed by atoms with E-state index < -0.39 is 0 Å². The van der Waals surface area contributed by atoms with Crippen molar-refractivity contribution in [2.75, 3.05) is 19.7 Å². The Morgan fingerprint density at radius 3 is 2.83 bits per heavy atom. The van der Waals surface area contributed by atoms with E-state index in [0.717, 1.165) is 23.9 Å². The van der Waals surface area contributed by atoms with Crippen molar-refractivity contribution in [2.45, 2.75) is 32.4 Å². The summed E-state index contributed by atoms with van der Waals surface area (Å²) in [5.41, 5.74) is 2.33. The van der Waals surface area contributed by atoms with Crippen LogP contribution in [0.25, 0.3) is 0 Å². The normalized spacial score (nSPS) is 18.0. The number of aryl methyl sites for hydroxylation is 2. The average Bonchev–Trinajstić information content (AvgIpc) is 3.10. The summed E-state index contributed by atoms with van der Waals surface area (Å²) in [4.78, 5) is 14.3. The zero-order valence-electron chi connectivity index (χ0n) is 14.1. The molecule has 0 unspecified atom stereocenters. The second-order valence-electron chi connectivity index (χ2n) is 6.81. The zero-order valence-corrected chi connectivity index (χ0v) is 14.1. The van der Waals surface area contributed by atoms with Crippen LogP contribution in [0.15, 0.2) is 12.3 Å². The van der Waals surface area contributed by atoms with Crippen molar-refractivity contribution in [3.63, 3.8) is 0 Å². The van der Waals surface area contributed by atoms with E-state index in [2.05, 4.69) is 15.4 Å². The molecule has 1 saturated carbocycles. The van der Waals surface area contributed by atoms with Crippen LogP contribution in [0.3, 0.4) is 0 Å². The molecule has 128 valence electrons. The number of carbonyl (C=O) groups excluding carboxylic acids is 1. The minimum atomic E-state index is 0.0162. The molecular weight excluding hydrogens is 308 g/mol. The Labute approximate surface area is 140 Å². The average molecular weight is 330 g/mol. The summed E-state index contributed by atoms with van der Waals surface area (Å²) in [6.07, 6.45) is 4.50. The molecule has 0 bridgehead atoms. The molecule has 1 aliphatic carbocycles. The molecule has 2 aromatic heterocycles. The van der Waals surface area contributed by atoms with Gasteiger partial charge in [0.1, 0.15) is 11.4 Å². The lowest BCUT2D eigenvalue weighted by atomic mass is 10.1. The Balaban J connectivity index is 1.29. The SMILES string of the molecule is Cc1cc(C(=O)N2CC(n3cc(COCC4CC4)nn3)C2)n(C)n1. The second-order valence-corrected chi connectivity index (χ2v) is 6.81. The number of amides is 1. The third-order valence-electron chi connectivity index (χ3n) is 4.60. The Morgan fingerprint density at radius 1 is 1.38 bits per heavy atom. The monoisotopic (exact) mass is 330 g/mol. The molecule has 8 heteroatoms. The maximum Gasteiger partial charge on any atom is 0.272 e. The zero-order chi connectivity index (χ0) is 16.7. The highest BCUT2D eigenvalue weighted by atomic mass is 16.5. The Bertz CT molecular complexity index is 742. The van der Waals surface area contributed by atoms with E-state index in [4.69, 9.17) is 4.74 Å². The van der Waals surface area contributed by atoms with Crippen LogP contribution in [-0.2, 0) is 18.4 Å². The van der Waals surface area contributed by atoms with Gasteiger partial charge < -0.3 is 9.64 Å². The molecular formula is C16H22N6O2. The lowest BCUT2D eigenvalue weighted by Gasteiger charge is -2.38. The van der Waals surface area contributed by atoms with E-state index in [0.29, 0.717) is 25.4 Å². The number of hydrogen-bond donors (Lipinski definition) is 0. The summed E-state index contributed by atoms with van der Waals surface area (Å²) in [5, 5.41) is 12.5. The summed E-state index contributed by atoms with van der Waals surface area (Å²) >= 11 is 0. The molecule has 8 nitrogen and oxygen atoms in total. The summed E-state index contributed by atoms with van der Waals surface area (Å²) in [7, 11) is 1.79. The fraction of sp³-hybridized carbons (Fsp3) is 0.625. The van der Waals surface area contributed by atoms with Crippen LogP contribution in [0.1, 0.15) is 40.8 Å². The van der Waals surface area contributed by atoms with Crippen LogP contribution in [0.2, 0.25) is 0 Å². The van der Waals surface area contributed by atoms with Gasteiger partial charge >= 0.3 is 0 Å². The molecule has 0 radical (unpaired) electrons. The van der Waals surface area contributed by atoms with Crippen molar-refractivity contribution < 1.29 is 9.53 Å². The highest BCUT2D eigenvalue weighted by Gasteiger charge is 2.34. The minimum absolute atomic E-state index is 0.0162. The predicted molar refractivity (Wildman–Crippen MR) is 85.3 cm³/mol. The summed E-state index contributed by atoms with van der Waals surface area (Å²) < 4.78 is 9.11. The predicted octanol–water partition coefficient (Wildman–Crippen LogP) is 0.944. The van der Waals surface area contributed by atoms with Gasteiger partial charge in [0.2, 0.25) is 0 Å². The van der Waals surface area contributed by atoms with Gasteiger partial charge in [0.05, 0.1) is 24.5 Å². The molecule has 0 spiro atoms. The van der Waals surface area contributed by atoms with E-state index >= 15 is 0 Å². The maximum atomic E-state index is 12.5. The molecule has 1 aliphatic heterocycles. The maximum absolute atomic E-state index is 12.5.